The largest absolute Gasteiger partial charge is 0.465 e. The highest BCUT2D eigenvalue weighted by atomic mass is 16.6. The summed E-state index contributed by atoms with van der Waals surface area (Å²) in [6.07, 6.45) is 1.34. The van der Waals surface area contributed by atoms with Crippen molar-refractivity contribution in [3.05, 3.63) is 12.2 Å². The Kier molecular flexibility index (Phi) is 3.73. The monoisotopic (exact) mass is 322 g/mol. The van der Waals surface area contributed by atoms with Gasteiger partial charge in [-0.1, -0.05) is 6.58 Å². The molecular formula is C17H22O6. The first-order valence-electron chi connectivity index (χ1n) is 7.97. The van der Waals surface area contributed by atoms with Gasteiger partial charge in [0.15, 0.2) is 0 Å². The molecule has 0 aromatic carbocycles. The van der Waals surface area contributed by atoms with E-state index in [2.05, 4.69) is 6.58 Å². The molecule has 6 heteroatoms. The third kappa shape index (κ3) is 2.64. The van der Waals surface area contributed by atoms with Gasteiger partial charge in [-0.15, -0.1) is 0 Å². The molecule has 3 rings (SSSR count). The number of rotatable bonds is 4. The van der Waals surface area contributed by atoms with Gasteiger partial charge in [-0.05, 0) is 39.5 Å². The van der Waals surface area contributed by atoms with Crippen molar-refractivity contribution >= 4 is 17.9 Å². The van der Waals surface area contributed by atoms with Crippen LogP contribution < -0.4 is 0 Å². The first-order chi connectivity index (χ1) is 10.7. The predicted octanol–water partition coefficient (Wildman–Crippen LogP) is 1.63. The van der Waals surface area contributed by atoms with E-state index in [9.17, 15) is 14.4 Å². The van der Waals surface area contributed by atoms with Crippen molar-refractivity contribution in [1.82, 2.24) is 0 Å². The summed E-state index contributed by atoms with van der Waals surface area (Å²) < 4.78 is 15.9. The Balaban J connectivity index is 1.64. The quantitative estimate of drug-likeness (QED) is 0.445. The Bertz CT molecular complexity index is 578. The number of cyclic esters (lactones) is 1. The predicted molar refractivity (Wildman–Crippen MR) is 79.0 cm³/mol. The van der Waals surface area contributed by atoms with Crippen molar-refractivity contribution in [2.24, 2.45) is 23.7 Å². The first-order valence-corrected chi connectivity index (χ1v) is 7.97. The normalized spacial score (nSPS) is 34.7. The van der Waals surface area contributed by atoms with Gasteiger partial charge in [0.1, 0.15) is 6.10 Å². The number of hydrogen-bond donors (Lipinski definition) is 0. The molecule has 3 aliphatic rings. The number of carbonyl (C=O) groups is 3. The zero-order chi connectivity index (χ0) is 16.9. The van der Waals surface area contributed by atoms with Crippen molar-refractivity contribution in [2.45, 2.75) is 45.3 Å². The van der Waals surface area contributed by atoms with Crippen LogP contribution in [0.25, 0.3) is 0 Å². The maximum atomic E-state index is 12.4. The molecule has 0 radical (unpaired) electrons. The summed E-state index contributed by atoms with van der Waals surface area (Å²) in [5.74, 6) is -0.862. The highest BCUT2D eigenvalue weighted by Crippen LogP contribution is 2.56. The van der Waals surface area contributed by atoms with Crippen LogP contribution in [-0.4, -0.2) is 36.2 Å². The topological polar surface area (TPSA) is 78.9 Å². The highest BCUT2D eigenvalue weighted by Gasteiger charge is 2.60. The molecule has 0 spiro atoms. The average molecular weight is 322 g/mol. The first kappa shape index (κ1) is 16.0. The van der Waals surface area contributed by atoms with Crippen LogP contribution in [0.3, 0.4) is 0 Å². The molecule has 5 atom stereocenters. The van der Waals surface area contributed by atoms with Crippen molar-refractivity contribution in [3.8, 4) is 0 Å². The lowest BCUT2D eigenvalue weighted by molar-refractivity contribution is -0.183. The lowest BCUT2D eigenvalue weighted by Crippen LogP contribution is -2.43. The SMILES string of the molecule is C=C(C)C(=O)OC(C)(C)C(=O)OC1CC2CC1C1C(=O)OCC21. The second-order valence-electron chi connectivity index (χ2n) is 7.34. The minimum Gasteiger partial charge on any atom is -0.465 e. The Labute approximate surface area is 135 Å². The Morgan fingerprint density at radius 1 is 1.26 bits per heavy atom. The van der Waals surface area contributed by atoms with Crippen LogP contribution in [0.2, 0.25) is 0 Å². The summed E-state index contributed by atoms with van der Waals surface area (Å²) in [4.78, 5) is 35.9. The van der Waals surface area contributed by atoms with E-state index >= 15 is 0 Å². The van der Waals surface area contributed by atoms with Crippen LogP contribution in [0.1, 0.15) is 33.6 Å². The molecule has 0 aromatic heterocycles. The van der Waals surface area contributed by atoms with Crippen LogP contribution in [-0.2, 0) is 28.6 Å². The van der Waals surface area contributed by atoms with Crippen LogP contribution in [0.15, 0.2) is 12.2 Å². The summed E-state index contributed by atoms with van der Waals surface area (Å²) in [5, 5.41) is 0. The van der Waals surface area contributed by atoms with Gasteiger partial charge in [-0.25, -0.2) is 9.59 Å². The third-order valence-corrected chi connectivity index (χ3v) is 5.25. The summed E-state index contributed by atoms with van der Waals surface area (Å²) >= 11 is 0. The molecule has 6 nitrogen and oxygen atoms in total. The van der Waals surface area contributed by atoms with Crippen LogP contribution in [0, 0.1) is 23.7 Å². The molecule has 2 bridgehead atoms. The number of hydrogen-bond acceptors (Lipinski definition) is 6. The van der Waals surface area contributed by atoms with Gasteiger partial charge in [0.25, 0.3) is 0 Å². The smallest absolute Gasteiger partial charge is 0.350 e. The molecule has 2 aliphatic carbocycles. The fourth-order valence-corrected chi connectivity index (χ4v) is 4.05. The molecule has 1 heterocycles. The maximum absolute atomic E-state index is 12.4. The van der Waals surface area contributed by atoms with Gasteiger partial charge in [-0.3, -0.25) is 4.79 Å². The molecule has 2 saturated carbocycles. The maximum Gasteiger partial charge on any atom is 0.350 e. The molecule has 3 fully saturated rings. The summed E-state index contributed by atoms with van der Waals surface area (Å²) in [7, 11) is 0. The highest BCUT2D eigenvalue weighted by molar-refractivity contribution is 5.90. The van der Waals surface area contributed by atoms with E-state index in [1.807, 2.05) is 0 Å². The Morgan fingerprint density at radius 2 is 1.96 bits per heavy atom. The number of esters is 3. The van der Waals surface area contributed by atoms with Crippen LogP contribution >= 0.6 is 0 Å². The summed E-state index contributed by atoms with van der Waals surface area (Å²) in [6.45, 7) is 8.50. The zero-order valence-electron chi connectivity index (χ0n) is 13.7. The van der Waals surface area contributed by atoms with E-state index in [0.29, 0.717) is 12.5 Å². The van der Waals surface area contributed by atoms with E-state index < -0.39 is 17.5 Å². The van der Waals surface area contributed by atoms with E-state index in [1.165, 1.54) is 20.8 Å². The van der Waals surface area contributed by atoms with Crippen molar-refractivity contribution in [3.63, 3.8) is 0 Å². The second-order valence-corrected chi connectivity index (χ2v) is 7.34. The van der Waals surface area contributed by atoms with Crippen molar-refractivity contribution in [2.75, 3.05) is 6.61 Å². The molecule has 0 aromatic rings. The fraction of sp³-hybridized carbons (Fsp3) is 0.706. The molecule has 23 heavy (non-hydrogen) atoms. The standard InChI is InChI=1S/C17H22O6/c1-8(2)14(18)23-17(3,4)16(20)22-12-6-9-5-10(12)13-11(9)7-21-15(13)19/h9-13H,1,5-7H2,2-4H3. The average Bonchev–Trinajstić information content (AvgIpc) is 3.11. The van der Waals surface area contributed by atoms with Gasteiger partial charge in [0.2, 0.25) is 5.60 Å². The molecule has 0 amide bonds. The molecule has 0 N–H and O–H groups in total. The van der Waals surface area contributed by atoms with Gasteiger partial charge >= 0.3 is 17.9 Å². The molecule has 1 aliphatic heterocycles. The third-order valence-electron chi connectivity index (χ3n) is 5.25. The van der Waals surface area contributed by atoms with Gasteiger partial charge in [0.05, 0.1) is 12.5 Å². The van der Waals surface area contributed by atoms with E-state index in [-0.39, 0.29) is 35.4 Å². The van der Waals surface area contributed by atoms with Crippen molar-refractivity contribution in [1.29, 1.82) is 0 Å². The van der Waals surface area contributed by atoms with Crippen LogP contribution in [0.5, 0.6) is 0 Å². The lowest BCUT2D eigenvalue weighted by Gasteiger charge is -2.31. The number of fused-ring (bicyclic) bond motifs is 5. The zero-order valence-corrected chi connectivity index (χ0v) is 13.7. The number of carbonyl (C=O) groups excluding carboxylic acids is 3. The minimum absolute atomic E-state index is 0.0246. The molecular weight excluding hydrogens is 300 g/mol. The molecule has 1 saturated heterocycles. The van der Waals surface area contributed by atoms with Gasteiger partial charge in [0, 0.05) is 17.4 Å². The van der Waals surface area contributed by atoms with Crippen molar-refractivity contribution < 1.29 is 28.6 Å². The number of ether oxygens (including phenoxy) is 3. The van der Waals surface area contributed by atoms with E-state index in [0.717, 1.165) is 12.8 Å². The fourth-order valence-electron chi connectivity index (χ4n) is 4.05. The Morgan fingerprint density at radius 3 is 2.61 bits per heavy atom. The summed E-state index contributed by atoms with van der Waals surface area (Å²) in [6, 6.07) is 0. The molecule has 126 valence electrons. The Hall–Kier alpha value is -1.85. The molecule has 5 unspecified atom stereocenters. The summed E-state index contributed by atoms with van der Waals surface area (Å²) in [5.41, 5.74) is -1.16. The lowest BCUT2D eigenvalue weighted by atomic mass is 9.80. The van der Waals surface area contributed by atoms with Crippen LogP contribution in [0.4, 0.5) is 0 Å². The minimum atomic E-state index is -1.38. The van der Waals surface area contributed by atoms with E-state index in [4.69, 9.17) is 14.2 Å². The van der Waals surface area contributed by atoms with Gasteiger partial charge in [-0.2, -0.15) is 0 Å². The van der Waals surface area contributed by atoms with E-state index in [1.54, 1.807) is 0 Å². The second kappa shape index (κ2) is 5.35. The van der Waals surface area contributed by atoms with Gasteiger partial charge < -0.3 is 14.2 Å².